The molecule has 0 N–H and O–H groups in total. The molecule has 4 rings (SSSR count). The lowest BCUT2D eigenvalue weighted by atomic mass is 10.2. The number of rotatable bonds is 6. The number of aryl methyl sites for hydroxylation is 1. The molecule has 156 valence electrons. The molecule has 0 radical (unpaired) electrons. The van der Waals surface area contributed by atoms with Gasteiger partial charge in [0.05, 0.1) is 14.2 Å². The summed E-state index contributed by atoms with van der Waals surface area (Å²) in [6, 6.07) is 8.77. The third-order valence-corrected chi connectivity index (χ3v) is 6.12. The van der Waals surface area contributed by atoms with Crippen molar-refractivity contribution in [1.82, 2.24) is 14.8 Å². The van der Waals surface area contributed by atoms with Gasteiger partial charge in [0.25, 0.3) is 0 Å². The molecule has 30 heavy (non-hydrogen) atoms. The van der Waals surface area contributed by atoms with Crippen molar-refractivity contribution in [3.8, 4) is 28.8 Å². The number of aromatic nitrogens is 3. The van der Waals surface area contributed by atoms with Gasteiger partial charge >= 0.3 is 0 Å². The maximum absolute atomic E-state index is 12.9. The predicted molar refractivity (Wildman–Crippen MR) is 110 cm³/mol. The molecule has 1 aliphatic heterocycles. The van der Waals surface area contributed by atoms with Crippen molar-refractivity contribution in [2.75, 3.05) is 14.2 Å². The molecule has 0 saturated heterocycles. The standard InChI is InChI=1S/C19H19N5O5S/c1-12-7-8-15(29-12)19-23-21-16(11-30(25,26)17-9-10-20-22-17)24(19)18-13(27-2)5-4-6-14(18)28-3/h4-8,10H,9,11H2,1-3H3. The van der Waals surface area contributed by atoms with E-state index in [0.29, 0.717) is 34.5 Å². The van der Waals surface area contributed by atoms with Gasteiger partial charge in [0.1, 0.15) is 28.7 Å². The lowest BCUT2D eigenvalue weighted by molar-refractivity contribution is 0.390. The topological polar surface area (TPSA) is 121 Å². The number of hydrogen-bond acceptors (Lipinski definition) is 9. The van der Waals surface area contributed by atoms with E-state index in [1.54, 1.807) is 41.8 Å². The molecule has 10 nitrogen and oxygen atoms in total. The zero-order chi connectivity index (χ0) is 21.3. The summed E-state index contributed by atoms with van der Waals surface area (Å²) in [6.07, 6.45) is 1.59. The van der Waals surface area contributed by atoms with Crippen LogP contribution in [0, 0.1) is 6.92 Å². The Kier molecular flexibility index (Phi) is 5.12. The molecule has 0 amide bonds. The Hall–Kier alpha value is -3.47. The van der Waals surface area contributed by atoms with Gasteiger partial charge in [-0.15, -0.1) is 15.3 Å². The molecule has 0 unspecified atom stereocenters. The highest BCUT2D eigenvalue weighted by Crippen LogP contribution is 2.37. The fraction of sp³-hybridized carbons (Fsp3) is 0.263. The molecule has 0 fully saturated rings. The summed E-state index contributed by atoms with van der Waals surface area (Å²) in [5, 5.41) is 15.7. The number of benzene rings is 1. The Bertz CT molecular complexity index is 1230. The van der Waals surface area contributed by atoms with Crippen molar-refractivity contribution in [2.24, 2.45) is 10.2 Å². The largest absolute Gasteiger partial charge is 0.494 e. The van der Waals surface area contributed by atoms with E-state index in [1.807, 2.05) is 0 Å². The molecule has 0 aliphatic carbocycles. The SMILES string of the molecule is COc1cccc(OC)c1-n1c(CS(=O)(=O)C2=NN=CC2)nnc1-c1ccc(C)o1. The van der Waals surface area contributed by atoms with Crippen LogP contribution in [0.2, 0.25) is 0 Å². The smallest absolute Gasteiger partial charge is 0.204 e. The fourth-order valence-corrected chi connectivity index (χ4v) is 4.31. The summed E-state index contributed by atoms with van der Waals surface area (Å²) in [5.41, 5.74) is 0.464. The summed E-state index contributed by atoms with van der Waals surface area (Å²) in [7, 11) is -0.728. The van der Waals surface area contributed by atoms with E-state index in [2.05, 4.69) is 20.4 Å². The fourth-order valence-electron chi connectivity index (χ4n) is 3.12. The second-order valence-corrected chi connectivity index (χ2v) is 8.44. The van der Waals surface area contributed by atoms with Gasteiger partial charge in [-0.05, 0) is 31.2 Å². The molecule has 0 spiro atoms. The normalized spacial score (nSPS) is 13.5. The van der Waals surface area contributed by atoms with Crippen molar-refractivity contribution in [2.45, 2.75) is 19.1 Å². The molecule has 1 aromatic carbocycles. The summed E-state index contributed by atoms with van der Waals surface area (Å²) < 4.78 is 44.1. The van der Waals surface area contributed by atoms with Crippen molar-refractivity contribution in [1.29, 1.82) is 0 Å². The molecule has 3 aromatic rings. The molecule has 0 saturated carbocycles. The van der Waals surface area contributed by atoms with Crippen LogP contribution in [0.25, 0.3) is 17.3 Å². The second kappa shape index (κ2) is 7.75. The van der Waals surface area contributed by atoms with Crippen LogP contribution in [0.4, 0.5) is 0 Å². The number of sulfone groups is 1. The Morgan fingerprint density at radius 1 is 1.10 bits per heavy atom. The van der Waals surface area contributed by atoms with Gasteiger partial charge in [0.2, 0.25) is 15.7 Å². The van der Waals surface area contributed by atoms with Crippen molar-refractivity contribution in [3.05, 3.63) is 41.9 Å². The first-order chi connectivity index (χ1) is 14.4. The van der Waals surface area contributed by atoms with Crippen LogP contribution in [0.15, 0.2) is 45.0 Å². The van der Waals surface area contributed by atoms with Crippen LogP contribution in [-0.2, 0) is 15.6 Å². The zero-order valence-corrected chi connectivity index (χ0v) is 17.4. The monoisotopic (exact) mass is 429 g/mol. The zero-order valence-electron chi connectivity index (χ0n) is 16.6. The van der Waals surface area contributed by atoms with E-state index in [-0.39, 0.29) is 17.3 Å². The summed E-state index contributed by atoms with van der Waals surface area (Å²) >= 11 is 0. The Labute approximate surface area is 172 Å². The number of furan rings is 1. The first-order valence-electron chi connectivity index (χ1n) is 8.98. The average Bonchev–Trinajstić information content (AvgIpc) is 3.48. The first kappa shape index (κ1) is 19.8. The lowest BCUT2D eigenvalue weighted by Crippen LogP contribution is -2.18. The van der Waals surface area contributed by atoms with Crippen LogP contribution in [-0.4, -0.2) is 48.7 Å². The van der Waals surface area contributed by atoms with Gasteiger partial charge in [0, 0.05) is 12.6 Å². The Morgan fingerprint density at radius 3 is 2.40 bits per heavy atom. The van der Waals surface area contributed by atoms with Gasteiger partial charge in [-0.1, -0.05) is 6.07 Å². The van der Waals surface area contributed by atoms with Crippen molar-refractivity contribution < 1.29 is 22.3 Å². The summed E-state index contributed by atoms with van der Waals surface area (Å²) in [5.74, 6) is 2.08. The molecule has 0 bridgehead atoms. The molecule has 0 atom stereocenters. The van der Waals surface area contributed by atoms with Crippen molar-refractivity contribution in [3.63, 3.8) is 0 Å². The molecule has 2 aromatic heterocycles. The third kappa shape index (κ3) is 3.47. The van der Waals surface area contributed by atoms with Gasteiger partial charge in [0.15, 0.2) is 16.6 Å². The van der Waals surface area contributed by atoms with E-state index >= 15 is 0 Å². The molecule has 11 heteroatoms. The van der Waals surface area contributed by atoms with E-state index < -0.39 is 15.6 Å². The van der Waals surface area contributed by atoms with E-state index in [9.17, 15) is 8.42 Å². The molecule has 1 aliphatic rings. The van der Waals surface area contributed by atoms with Gasteiger partial charge < -0.3 is 13.9 Å². The van der Waals surface area contributed by atoms with Gasteiger partial charge in [-0.3, -0.25) is 4.57 Å². The van der Waals surface area contributed by atoms with E-state index in [1.165, 1.54) is 20.4 Å². The van der Waals surface area contributed by atoms with Gasteiger partial charge in [-0.2, -0.15) is 5.10 Å². The van der Waals surface area contributed by atoms with Crippen LogP contribution < -0.4 is 9.47 Å². The number of methoxy groups -OCH3 is 2. The van der Waals surface area contributed by atoms with Crippen LogP contribution >= 0.6 is 0 Å². The van der Waals surface area contributed by atoms with Crippen LogP contribution in [0.1, 0.15) is 18.0 Å². The predicted octanol–water partition coefficient (Wildman–Crippen LogP) is 2.56. The summed E-state index contributed by atoms with van der Waals surface area (Å²) in [6.45, 7) is 1.80. The Morgan fingerprint density at radius 2 is 1.83 bits per heavy atom. The maximum atomic E-state index is 12.9. The minimum Gasteiger partial charge on any atom is -0.494 e. The average molecular weight is 429 g/mol. The highest BCUT2D eigenvalue weighted by Gasteiger charge is 2.29. The Balaban J connectivity index is 1.93. The number of para-hydroxylation sites is 1. The van der Waals surface area contributed by atoms with E-state index in [4.69, 9.17) is 13.9 Å². The molecular weight excluding hydrogens is 410 g/mol. The number of hydrogen-bond donors (Lipinski definition) is 0. The number of ether oxygens (including phenoxy) is 2. The van der Waals surface area contributed by atoms with Gasteiger partial charge in [-0.25, -0.2) is 8.42 Å². The van der Waals surface area contributed by atoms with Crippen molar-refractivity contribution >= 4 is 21.1 Å². The van der Waals surface area contributed by atoms with Crippen LogP contribution in [0.3, 0.4) is 0 Å². The van der Waals surface area contributed by atoms with Crippen LogP contribution in [0.5, 0.6) is 11.5 Å². The highest BCUT2D eigenvalue weighted by atomic mass is 32.2. The third-order valence-electron chi connectivity index (χ3n) is 4.51. The minimum atomic E-state index is -3.76. The minimum absolute atomic E-state index is 0.0144. The summed E-state index contributed by atoms with van der Waals surface area (Å²) in [4.78, 5) is 0. The maximum Gasteiger partial charge on any atom is 0.204 e. The van der Waals surface area contributed by atoms with E-state index in [0.717, 1.165) is 0 Å². The molecular formula is C19H19N5O5S. The molecule has 3 heterocycles. The highest BCUT2D eigenvalue weighted by molar-refractivity contribution is 8.05. The quantitative estimate of drug-likeness (QED) is 0.590. The second-order valence-electron chi connectivity index (χ2n) is 6.45. The first-order valence-corrected chi connectivity index (χ1v) is 10.6. The lowest BCUT2D eigenvalue weighted by Gasteiger charge is -2.16. The number of nitrogens with zero attached hydrogens (tertiary/aromatic N) is 5.